The Kier molecular flexibility index (Phi) is 7.68. The first-order valence-corrected chi connectivity index (χ1v) is 9.00. The minimum absolute atomic E-state index is 0. The fourth-order valence-corrected chi connectivity index (χ4v) is 4.18. The second kappa shape index (κ2) is 9.40. The number of hydrogen-bond donors (Lipinski definition) is 0. The number of hydrogen-bond acceptors (Lipinski definition) is 0. The van der Waals surface area contributed by atoms with Crippen molar-refractivity contribution in [1.82, 2.24) is 0 Å². The van der Waals surface area contributed by atoms with Crippen LogP contribution in [0.2, 0.25) is 0 Å². The number of benzene rings is 4. The van der Waals surface area contributed by atoms with E-state index in [0.717, 1.165) is 6.42 Å². The normalized spacial score (nSPS) is 14.1. The van der Waals surface area contributed by atoms with Crippen molar-refractivity contribution in [3.05, 3.63) is 90.0 Å². The van der Waals surface area contributed by atoms with E-state index in [9.17, 15) is 0 Å². The van der Waals surface area contributed by atoms with Gasteiger partial charge in [0.1, 0.15) is 0 Å². The molecule has 3 heteroatoms. The fourth-order valence-electron chi connectivity index (χ4n) is 4.18. The van der Waals surface area contributed by atoms with Gasteiger partial charge in [-0.1, -0.05) is 91.6 Å². The van der Waals surface area contributed by atoms with Gasteiger partial charge < -0.3 is 24.8 Å². The second-order valence-electron chi connectivity index (χ2n) is 6.77. The van der Waals surface area contributed by atoms with Crippen molar-refractivity contribution in [2.45, 2.75) is 19.3 Å². The fraction of sp³-hybridized carbons (Fsp3) is 0.120. The quantitative estimate of drug-likeness (QED) is 0.296. The molecule has 1 unspecified atom stereocenters. The van der Waals surface area contributed by atoms with Crippen LogP contribution in [0.25, 0.3) is 38.7 Å². The van der Waals surface area contributed by atoms with Crippen molar-refractivity contribution in [3.63, 3.8) is 0 Å². The molecular formula is C25H19Cl2Zr. The monoisotopic (exact) mass is 479 g/mol. The third kappa shape index (κ3) is 3.61. The molecule has 0 saturated carbocycles. The summed E-state index contributed by atoms with van der Waals surface area (Å²) in [5.41, 5.74) is 5.43. The van der Waals surface area contributed by atoms with Crippen LogP contribution in [0.15, 0.2) is 72.8 Å². The van der Waals surface area contributed by atoms with Gasteiger partial charge in [0, 0.05) is 0 Å². The Balaban J connectivity index is 0.000000934. The predicted octanol–water partition coefficient (Wildman–Crippen LogP) is 0.989. The smallest absolute Gasteiger partial charge is 1.00 e. The molecule has 0 fully saturated rings. The maximum absolute atomic E-state index is 3.55. The average molecular weight is 482 g/mol. The zero-order valence-electron chi connectivity index (χ0n) is 15.5. The van der Waals surface area contributed by atoms with E-state index in [1.54, 1.807) is 0 Å². The Morgan fingerprint density at radius 2 is 1.39 bits per heavy atom. The largest absolute Gasteiger partial charge is 3.00 e. The van der Waals surface area contributed by atoms with Crippen LogP contribution >= 0.6 is 0 Å². The molecule has 0 amide bonds. The average Bonchev–Trinajstić information content (AvgIpc) is 3.09. The van der Waals surface area contributed by atoms with Gasteiger partial charge in [0.05, 0.1) is 0 Å². The van der Waals surface area contributed by atoms with E-state index in [4.69, 9.17) is 0 Å². The van der Waals surface area contributed by atoms with Crippen molar-refractivity contribution < 1.29 is 51.0 Å². The Bertz CT molecular complexity index is 1090. The van der Waals surface area contributed by atoms with Gasteiger partial charge in [0.25, 0.3) is 0 Å². The first-order chi connectivity index (χ1) is 12.4. The van der Waals surface area contributed by atoms with Gasteiger partial charge in [-0.05, 0) is 33.2 Å². The van der Waals surface area contributed by atoms with Crippen LogP contribution in [0, 0.1) is 6.08 Å². The minimum atomic E-state index is 0. The van der Waals surface area contributed by atoms with Crippen LogP contribution in [0.5, 0.6) is 0 Å². The third-order valence-electron chi connectivity index (χ3n) is 5.39. The number of allylic oxidation sites excluding steroid dienone is 1. The molecule has 28 heavy (non-hydrogen) atoms. The molecule has 0 N–H and O–H groups in total. The summed E-state index contributed by atoms with van der Waals surface area (Å²) in [5.74, 6) is 0.427. The van der Waals surface area contributed by atoms with Crippen LogP contribution in [-0.2, 0) is 26.2 Å². The summed E-state index contributed by atoms with van der Waals surface area (Å²) in [4.78, 5) is 0. The molecule has 0 aliphatic heterocycles. The SMILES string of the molecule is CCC1[C-]=Cc2c(-c3c4ccccc4cc4ccccc34)cccc21.[Cl-].[Cl-].[Zr+3]. The summed E-state index contributed by atoms with van der Waals surface area (Å²) in [6.45, 7) is 2.24. The molecule has 4 aromatic rings. The molecule has 0 nitrogen and oxygen atoms in total. The first-order valence-electron chi connectivity index (χ1n) is 9.00. The van der Waals surface area contributed by atoms with Gasteiger partial charge in [0.15, 0.2) is 0 Å². The van der Waals surface area contributed by atoms with Crippen LogP contribution in [0.3, 0.4) is 0 Å². The summed E-state index contributed by atoms with van der Waals surface area (Å²) in [5, 5.41) is 5.24. The molecule has 0 bridgehead atoms. The Hall–Kier alpha value is -1.40. The van der Waals surface area contributed by atoms with E-state index >= 15 is 0 Å². The first kappa shape index (κ1) is 22.9. The molecule has 0 saturated heterocycles. The van der Waals surface area contributed by atoms with Gasteiger partial charge in [-0.15, -0.1) is 5.56 Å². The van der Waals surface area contributed by atoms with Crippen molar-refractivity contribution in [2.75, 3.05) is 0 Å². The van der Waals surface area contributed by atoms with Crippen LogP contribution in [-0.4, -0.2) is 0 Å². The molecule has 0 spiro atoms. The van der Waals surface area contributed by atoms with Crippen molar-refractivity contribution in [1.29, 1.82) is 0 Å². The molecule has 137 valence electrons. The Morgan fingerprint density at radius 3 is 2.00 bits per heavy atom. The zero-order valence-corrected chi connectivity index (χ0v) is 19.5. The van der Waals surface area contributed by atoms with Crippen LogP contribution in [0.4, 0.5) is 0 Å². The standard InChI is InChI=1S/C25H19.2ClH.Zr/c1-2-17-14-15-23-20(17)12-7-13-24(23)25-21-10-5-3-8-18(21)16-19-9-4-6-11-22(19)25;;;/h3-13,15-17H,2H2,1H3;2*1H;/q-1;;;+3/p-2. The van der Waals surface area contributed by atoms with E-state index in [0.29, 0.717) is 5.92 Å². The van der Waals surface area contributed by atoms with Gasteiger partial charge in [0.2, 0.25) is 0 Å². The molecule has 0 heterocycles. The molecule has 0 aromatic heterocycles. The summed E-state index contributed by atoms with van der Waals surface area (Å²) in [7, 11) is 0. The minimum Gasteiger partial charge on any atom is -1.00 e. The van der Waals surface area contributed by atoms with Crippen molar-refractivity contribution in [3.8, 4) is 11.1 Å². The predicted molar refractivity (Wildman–Crippen MR) is 108 cm³/mol. The maximum Gasteiger partial charge on any atom is 3.00 e. The third-order valence-corrected chi connectivity index (χ3v) is 5.39. The van der Waals surface area contributed by atoms with E-state index < -0.39 is 0 Å². The Morgan fingerprint density at radius 1 is 0.786 bits per heavy atom. The molecule has 1 aliphatic rings. The van der Waals surface area contributed by atoms with Crippen molar-refractivity contribution >= 4 is 27.6 Å². The molecule has 4 aromatic carbocycles. The Labute approximate surface area is 198 Å². The molecule has 1 aliphatic carbocycles. The van der Waals surface area contributed by atoms with E-state index in [1.165, 1.54) is 43.8 Å². The molecular weight excluding hydrogens is 462 g/mol. The summed E-state index contributed by atoms with van der Waals surface area (Å²) in [6.07, 6.45) is 6.86. The second-order valence-corrected chi connectivity index (χ2v) is 6.77. The molecule has 5 rings (SSSR count). The number of fused-ring (bicyclic) bond motifs is 3. The maximum atomic E-state index is 3.55. The van der Waals surface area contributed by atoms with Gasteiger partial charge in [-0.2, -0.15) is 5.56 Å². The van der Waals surface area contributed by atoms with E-state index in [2.05, 4.69) is 91.9 Å². The van der Waals surface area contributed by atoms with E-state index in [-0.39, 0.29) is 51.0 Å². The van der Waals surface area contributed by atoms with Gasteiger partial charge in [-0.25, -0.2) is 6.08 Å². The molecule has 1 atom stereocenters. The van der Waals surface area contributed by atoms with Crippen LogP contribution < -0.4 is 24.8 Å². The zero-order chi connectivity index (χ0) is 16.8. The van der Waals surface area contributed by atoms with Gasteiger partial charge in [-0.3, -0.25) is 6.08 Å². The van der Waals surface area contributed by atoms with E-state index in [1.807, 2.05) is 0 Å². The number of rotatable bonds is 2. The van der Waals surface area contributed by atoms with Crippen molar-refractivity contribution in [2.24, 2.45) is 0 Å². The summed E-state index contributed by atoms with van der Waals surface area (Å²) in [6, 6.07) is 26.5. The van der Waals surface area contributed by atoms with Gasteiger partial charge >= 0.3 is 26.2 Å². The summed E-state index contributed by atoms with van der Waals surface area (Å²) >= 11 is 0. The molecule has 1 radical (unpaired) electrons. The number of halogens is 2. The topological polar surface area (TPSA) is 0 Å². The van der Waals surface area contributed by atoms with Crippen LogP contribution in [0.1, 0.15) is 30.4 Å². The summed E-state index contributed by atoms with van der Waals surface area (Å²) < 4.78 is 0.